The Morgan fingerprint density at radius 1 is 0.882 bits per heavy atom. The molecule has 2 aromatic heterocycles. The lowest BCUT2D eigenvalue weighted by Gasteiger charge is -2.09. The molecular weight excluding hydrogens is 426 g/mol. The van der Waals surface area contributed by atoms with Crippen molar-refractivity contribution in [2.45, 2.75) is 71.9 Å². The molecule has 0 bridgehead atoms. The van der Waals surface area contributed by atoms with Crippen LogP contribution in [0, 0.1) is 0 Å². The second-order valence-electron chi connectivity index (χ2n) is 8.61. The third kappa shape index (κ3) is 5.50. The number of aromatic amines is 1. The SMILES string of the molecule is CCCCCCCCc1nn(CC)c(=O)n1Cc1ccc(-c2ccccc2-c2nnn[nH]2)cc1. The Morgan fingerprint density at radius 3 is 2.32 bits per heavy atom. The van der Waals surface area contributed by atoms with Crippen LogP contribution in [-0.4, -0.2) is 35.0 Å². The molecule has 0 atom stereocenters. The molecule has 8 heteroatoms. The molecule has 0 aliphatic carbocycles. The summed E-state index contributed by atoms with van der Waals surface area (Å²) in [5, 5.41) is 18.9. The minimum Gasteiger partial charge on any atom is -0.274 e. The van der Waals surface area contributed by atoms with E-state index in [1.165, 1.54) is 32.1 Å². The van der Waals surface area contributed by atoms with E-state index < -0.39 is 0 Å². The first-order chi connectivity index (χ1) is 16.7. The monoisotopic (exact) mass is 459 g/mol. The molecule has 0 saturated carbocycles. The summed E-state index contributed by atoms with van der Waals surface area (Å²) in [7, 11) is 0. The normalized spacial score (nSPS) is 11.2. The lowest BCUT2D eigenvalue weighted by Crippen LogP contribution is -2.25. The fraction of sp³-hybridized carbons (Fsp3) is 0.423. The van der Waals surface area contributed by atoms with Gasteiger partial charge in [0.05, 0.1) is 6.54 Å². The standard InChI is InChI=1S/C26H33N7O/c1-3-5-6-7-8-9-14-24-29-33(4-2)26(34)32(24)19-20-15-17-21(18-16-20)22-12-10-11-13-23(22)25-27-30-31-28-25/h10-13,15-18H,3-9,14,19H2,1-2H3,(H,27,28,30,31). The van der Waals surface area contributed by atoms with Gasteiger partial charge in [0, 0.05) is 18.5 Å². The Kier molecular flexibility index (Phi) is 8.01. The van der Waals surface area contributed by atoms with Gasteiger partial charge in [0.1, 0.15) is 5.82 Å². The van der Waals surface area contributed by atoms with Crippen molar-refractivity contribution in [2.24, 2.45) is 0 Å². The van der Waals surface area contributed by atoms with Crippen LogP contribution in [-0.2, 0) is 19.5 Å². The molecule has 8 nitrogen and oxygen atoms in total. The van der Waals surface area contributed by atoms with E-state index in [0.29, 0.717) is 18.9 Å². The topological polar surface area (TPSA) is 94.3 Å². The van der Waals surface area contributed by atoms with E-state index in [4.69, 9.17) is 0 Å². The summed E-state index contributed by atoms with van der Waals surface area (Å²) in [4.78, 5) is 12.9. The van der Waals surface area contributed by atoms with Crippen LogP contribution in [0.3, 0.4) is 0 Å². The van der Waals surface area contributed by atoms with Crippen LogP contribution >= 0.6 is 0 Å². The Morgan fingerprint density at radius 2 is 1.62 bits per heavy atom. The van der Waals surface area contributed by atoms with E-state index in [1.54, 1.807) is 4.68 Å². The highest BCUT2D eigenvalue weighted by Gasteiger charge is 2.14. The van der Waals surface area contributed by atoms with E-state index in [0.717, 1.165) is 40.9 Å². The van der Waals surface area contributed by atoms with Gasteiger partial charge in [-0.05, 0) is 40.5 Å². The highest BCUT2D eigenvalue weighted by Crippen LogP contribution is 2.29. The maximum Gasteiger partial charge on any atom is 0.346 e. The van der Waals surface area contributed by atoms with Crippen molar-refractivity contribution in [1.82, 2.24) is 35.0 Å². The summed E-state index contributed by atoms with van der Waals surface area (Å²) in [6, 6.07) is 16.4. The van der Waals surface area contributed by atoms with Crippen LogP contribution in [0.15, 0.2) is 53.3 Å². The molecule has 34 heavy (non-hydrogen) atoms. The van der Waals surface area contributed by atoms with Gasteiger partial charge in [-0.15, -0.1) is 5.10 Å². The number of unbranched alkanes of at least 4 members (excludes halogenated alkanes) is 5. The Balaban J connectivity index is 1.50. The van der Waals surface area contributed by atoms with E-state index in [2.05, 4.69) is 63.0 Å². The van der Waals surface area contributed by atoms with Gasteiger partial charge in [0.2, 0.25) is 0 Å². The molecule has 178 valence electrons. The average molecular weight is 460 g/mol. The molecule has 2 heterocycles. The third-order valence-electron chi connectivity index (χ3n) is 6.19. The van der Waals surface area contributed by atoms with E-state index in [-0.39, 0.29) is 5.69 Å². The number of nitrogens with zero attached hydrogens (tertiary/aromatic N) is 6. The van der Waals surface area contributed by atoms with Crippen LogP contribution in [0.25, 0.3) is 22.5 Å². The Hall–Kier alpha value is -3.55. The van der Waals surface area contributed by atoms with Crippen LogP contribution < -0.4 is 5.69 Å². The van der Waals surface area contributed by atoms with Crippen molar-refractivity contribution in [3.8, 4) is 22.5 Å². The van der Waals surface area contributed by atoms with Crippen LogP contribution in [0.1, 0.15) is 63.8 Å². The predicted molar refractivity (Wildman–Crippen MR) is 133 cm³/mol. The summed E-state index contributed by atoms with van der Waals surface area (Å²) in [6.45, 7) is 5.30. The molecule has 0 spiro atoms. The highest BCUT2D eigenvalue weighted by atomic mass is 16.2. The molecule has 2 aromatic carbocycles. The van der Waals surface area contributed by atoms with Crippen LogP contribution in [0.2, 0.25) is 0 Å². The third-order valence-corrected chi connectivity index (χ3v) is 6.19. The van der Waals surface area contributed by atoms with Gasteiger partial charge in [-0.2, -0.15) is 5.10 Å². The fourth-order valence-electron chi connectivity index (χ4n) is 4.29. The van der Waals surface area contributed by atoms with E-state index in [9.17, 15) is 4.79 Å². The van der Waals surface area contributed by atoms with Gasteiger partial charge in [-0.1, -0.05) is 87.6 Å². The molecular formula is C26H33N7O. The summed E-state index contributed by atoms with van der Waals surface area (Å²) in [5.74, 6) is 1.52. The van der Waals surface area contributed by atoms with Crippen molar-refractivity contribution in [3.63, 3.8) is 0 Å². The molecule has 0 aliphatic rings. The summed E-state index contributed by atoms with van der Waals surface area (Å²) >= 11 is 0. The predicted octanol–water partition coefficient (Wildman–Crippen LogP) is 4.86. The molecule has 0 amide bonds. The zero-order valence-corrected chi connectivity index (χ0v) is 20.1. The van der Waals surface area contributed by atoms with Crippen molar-refractivity contribution >= 4 is 0 Å². The van der Waals surface area contributed by atoms with Gasteiger partial charge in [0.25, 0.3) is 0 Å². The largest absolute Gasteiger partial charge is 0.346 e. The molecule has 0 fully saturated rings. The smallest absolute Gasteiger partial charge is 0.274 e. The lowest BCUT2D eigenvalue weighted by atomic mass is 9.98. The number of rotatable bonds is 12. The first-order valence-electron chi connectivity index (χ1n) is 12.3. The second-order valence-corrected chi connectivity index (χ2v) is 8.61. The summed E-state index contributed by atoms with van der Waals surface area (Å²) in [6.07, 6.45) is 8.17. The fourth-order valence-corrected chi connectivity index (χ4v) is 4.29. The van der Waals surface area contributed by atoms with E-state index in [1.807, 2.05) is 29.7 Å². The number of tetrazole rings is 1. The van der Waals surface area contributed by atoms with Gasteiger partial charge < -0.3 is 0 Å². The summed E-state index contributed by atoms with van der Waals surface area (Å²) in [5.41, 5.74) is 4.11. The second kappa shape index (κ2) is 11.5. The van der Waals surface area contributed by atoms with Crippen molar-refractivity contribution in [1.29, 1.82) is 0 Å². The average Bonchev–Trinajstić information content (AvgIpc) is 3.51. The van der Waals surface area contributed by atoms with Crippen molar-refractivity contribution in [2.75, 3.05) is 0 Å². The number of aryl methyl sites for hydroxylation is 2. The van der Waals surface area contributed by atoms with Crippen molar-refractivity contribution in [3.05, 3.63) is 70.4 Å². The molecule has 0 aliphatic heterocycles. The highest BCUT2D eigenvalue weighted by molar-refractivity contribution is 5.80. The van der Waals surface area contributed by atoms with Crippen molar-refractivity contribution < 1.29 is 0 Å². The zero-order chi connectivity index (χ0) is 23.8. The number of benzene rings is 2. The zero-order valence-electron chi connectivity index (χ0n) is 20.1. The van der Waals surface area contributed by atoms with Gasteiger partial charge in [-0.3, -0.25) is 4.57 Å². The van der Waals surface area contributed by atoms with Gasteiger partial charge in [0.15, 0.2) is 5.82 Å². The molecule has 4 aromatic rings. The quantitative estimate of drug-likeness (QED) is 0.305. The minimum absolute atomic E-state index is 0.0317. The van der Waals surface area contributed by atoms with Gasteiger partial charge in [-0.25, -0.2) is 14.6 Å². The number of nitrogens with one attached hydrogen (secondary N) is 1. The van der Waals surface area contributed by atoms with Crippen LogP contribution in [0.5, 0.6) is 0 Å². The number of hydrogen-bond donors (Lipinski definition) is 1. The molecule has 0 unspecified atom stereocenters. The molecule has 1 N–H and O–H groups in total. The Labute approximate surface area is 200 Å². The molecule has 0 saturated heterocycles. The number of hydrogen-bond acceptors (Lipinski definition) is 5. The van der Waals surface area contributed by atoms with Gasteiger partial charge >= 0.3 is 5.69 Å². The summed E-state index contributed by atoms with van der Waals surface area (Å²) < 4.78 is 3.40. The Bertz CT molecular complexity index is 1220. The molecule has 4 rings (SSSR count). The first-order valence-corrected chi connectivity index (χ1v) is 12.3. The van der Waals surface area contributed by atoms with E-state index >= 15 is 0 Å². The molecule has 0 radical (unpaired) electrons. The first kappa shape index (κ1) is 23.6. The maximum absolute atomic E-state index is 12.9. The number of H-pyrrole nitrogens is 1. The lowest BCUT2D eigenvalue weighted by molar-refractivity contribution is 0.586. The maximum atomic E-state index is 12.9. The minimum atomic E-state index is -0.0317. The van der Waals surface area contributed by atoms with Crippen LogP contribution in [0.4, 0.5) is 0 Å². The number of aromatic nitrogens is 7.